The van der Waals surface area contributed by atoms with Gasteiger partial charge in [-0.3, -0.25) is 9.52 Å². The van der Waals surface area contributed by atoms with Gasteiger partial charge in [-0.2, -0.15) is 0 Å². The van der Waals surface area contributed by atoms with Gasteiger partial charge < -0.3 is 5.32 Å². The van der Waals surface area contributed by atoms with Crippen LogP contribution >= 0.6 is 0 Å². The molecule has 0 fully saturated rings. The highest BCUT2D eigenvalue weighted by Crippen LogP contribution is 2.20. The number of hydrogen-bond donors (Lipinski definition) is 2. The minimum absolute atomic E-state index is 0.0484. The second-order valence-electron chi connectivity index (χ2n) is 7.14. The Labute approximate surface area is 149 Å². The van der Waals surface area contributed by atoms with Crippen molar-refractivity contribution in [3.8, 4) is 0 Å². The fraction of sp³-hybridized carbons (Fsp3) is 0.316. The van der Waals surface area contributed by atoms with Gasteiger partial charge in [0.05, 0.1) is 4.90 Å². The van der Waals surface area contributed by atoms with Gasteiger partial charge in [-0.05, 0) is 76.1 Å². The van der Waals surface area contributed by atoms with Gasteiger partial charge in [0.15, 0.2) is 0 Å². The zero-order valence-corrected chi connectivity index (χ0v) is 16.0. The molecule has 0 saturated heterocycles. The summed E-state index contributed by atoms with van der Waals surface area (Å²) in [5.41, 5.74) is 2.48. The Hall–Kier alpha value is -2.34. The highest BCUT2D eigenvalue weighted by molar-refractivity contribution is 7.92. The van der Waals surface area contributed by atoms with Crippen LogP contribution in [0.15, 0.2) is 47.4 Å². The fourth-order valence-electron chi connectivity index (χ4n) is 2.24. The number of amides is 1. The van der Waals surface area contributed by atoms with Gasteiger partial charge in [-0.25, -0.2) is 8.42 Å². The van der Waals surface area contributed by atoms with Crippen molar-refractivity contribution in [2.75, 3.05) is 4.72 Å². The van der Waals surface area contributed by atoms with E-state index in [0.717, 1.165) is 11.1 Å². The first-order valence-corrected chi connectivity index (χ1v) is 9.49. The van der Waals surface area contributed by atoms with E-state index in [2.05, 4.69) is 10.0 Å². The molecular formula is C19H24N2O3S. The van der Waals surface area contributed by atoms with E-state index < -0.39 is 15.6 Å². The van der Waals surface area contributed by atoms with Crippen LogP contribution in [0, 0.1) is 13.8 Å². The molecule has 6 heteroatoms. The van der Waals surface area contributed by atoms with E-state index in [1.807, 2.05) is 40.7 Å². The highest BCUT2D eigenvalue weighted by Gasteiger charge is 2.19. The summed E-state index contributed by atoms with van der Waals surface area (Å²) in [5, 5.41) is 2.82. The van der Waals surface area contributed by atoms with Crippen molar-refractivity contribution in [3.05, 3.63) is 59.2 Å². The molecule has 0 aliphatic rings. The number of benzene rings is 2. The monoisotopic (exact) mass is 360 g/mol. The smallest absolute Gasteiger partial charge is 0.261 e. The Morgan fingerprint density at radius 2 is 1.64 bits per heavy atom. The fourth-order valence-corrected chi connectivity index (χ4v) is 3.33. The quantitative estimate of drug-likeness (QED) is 0.874. The molecule has 1 amide bonds. The van der Waals surface area contributed by atoms with E-state index in [9.17, 15) is 13.2 Å². The number of nitrogens with one attached hydrogen (secondary N) is 2. The van der Waals surface area contributed by atoms with Crippen LogP contribution in [-0.4, -0.2) is 19.9 Å². The van der Waals surface area contributed by atoms with Gasteiger partial charge in [-0.1, -0.05) is 12.1 Å². The SMILES string of the molecule is Cc1ccc(NS(=O)(=O)c2cccc(C(=O)NC(C)(C)C)c2)cc1C. The normalized spacial score (nSPS) is 11.9. The molecular weight excluding hydrogens is 336 g/mol. The maximum Gasteiger partial charge on any atom is 0.261 e. The van der Waals surface area contributed by atoms with Gasteiger partial charge in [0, 0.05) is 16.8 Å². The van der Waals surface area contributed by atoms with Crippen LogP contribution in [0.1, 0.15) is 42.3 Å². The summed E-state index contributed by atoms with van der Waals surface area (Å²) in [6.07, 6.45) is 0. The van der Waals surface area contributed by atoms with Crippen LogP contribution in [0.4, 0.5) is 5.69 Å². The first-order valence-electron chi connectivity index (χ1n) is 8.01. The number of carbonyl (C=O) groups is 1. The summed E-state index contributed by atoms with van der Waals surface area (Å²) in [7, 11) is -3.77. The third-order valence-electron chi connectivity index (χ3n) is 3.65. The van der Waals surface area contributed by atoms with Crippen LogP contribution in [0.25, 0.3) is 0 Å². The first kappa shape index (κ1) is 19.0. The summed E-state index contributed by atoms with van der Waals surface area (Å²) in [6.45, 7) is 9.49. The summed E-state index contributed by atoms with van der Waals surface area (Å²) in [5.74, 6) is -0.310. The van der Waals surface area contributed by atoms with Crippen LogP contribution < -0.4 is 10.0 Å². The number of rotatable bonds is 4. The zero-order chi connectivity index (χ0) is 18.8. The Balaban J connectivity index is 2.29. The molecule has 0 aromatic heterocycles. The molecule has 2 aromatic carbocycles. The summed E-state index contributed by atoms with van der Waals surface area (Å²) < 4.78 is 27.8. The largest absolute Gasteiger partial charge is 0.347 e. The van der Waals surface area contributed by atoms with E-state index >= 15 is 0 Å². The van der Waals surface area contributed by atoms with E-state index in [4.69, 9.17) is 0 Å². The summed E-state index contributed by atoms with van der Waals surface area (Å²) in [6, 6.07) is 11.4. The number of anilines is 1. The lowest BCUT2D eigenvalue weighted by atomic mass is 10.1. The van der Waals surface area contributed by atoms with Crippen LogP contribution in [0.3, 0.4) is 0 Å². The van der Waals surface area contributed by atoms with Gasteiger partial charge in [0.25, 0.3) is 15.9 Å². The Morgan fingerprint density at radius 1 is 0.960 bits per heavy atom. The Bertz CT molecular complexity index is 897. The van der Waals surface area contributed by atoms with Gasteiger partial charge in [0.1, 0.15) is 0 Å². The summed E-state index contributed by atoms with van der Waals surface area (Å²) >= 11 is 0. The molecule has 0 spiro atoms. The van der Waals surface area contributed by atoms with Crippen molar-refractivity contribution < 1.29 is 13.2 Å². The van der Waals surface area contributed by atoms with Crippen LogP contribution in [-0.2, 0) is 10.0 Å². The zero-order valence-electron chi connectivity index (χ0n) is 15.2. The Kier molecular flexibility index (Phi) is 5.23. The number of hydrogen-bond acceptors (Lipinski definition) is 3. The van der Waals surface area contributed by atoms with E-state index in [-0.39, 0.29) is 10.8 Å². The van der Waals surface area contributed by atoms with Crippen molar-refractivity contribution in [1.82, 2.24) is 5.32 Å². The molecule has 0 aliphatic carbocycles. The van der Waals surface area contributed by atoms with Crippen molar-refractivity contribution in [2.45, 2.75) is 45.1 Å². The molecule has 2 rings (SSSR count). The maximum atomic E-state index is 12.6. The maximum absolute atomic E-state index is 12.6. The molecule has 0 saturated carbocycles. The number of aryl methyl sites for hydroxylation is 2. The average Bonchev–Trinajstić information content (AvgIpc) is 2.49. The molecule has 0 bridgehead atoms. The minimum atomic E-state index is -3.77. The van der Waals surface area contributed by atoms with E-state index in [1.165, 1.54) is 12.1 Å². The van der Waals surface area contributed by atoms with Crippen molar-refractivity contribution in [1.29, 1.82) is 0 Å². The van der Waals surface area contributed by atoms with Crippen molar-refractivity contribution in [3.63, 3.8) is 0 Å². The van der Waals surface area contributed by atoms with E-state index in [0.29, 0.717) is 11.3 Å². The predicted molar refractivity (Wildman–Crippen MR) is 100 cm³/mol. The number of carbonyl (C=O) groups excluding carboxylic acids is 1. The standard InChI is InChI=1S/C19H24N2O3S/c1-13-9-10-16(11-14(13)2)21-25(23,24)17-8-6-7-15(12-17)18(22)20-19(3,4)5/h6-12,21H,1-5H3,(H,20,22). The lowest BCUT2D eigenvalue weighted by Crippen LogP contribution is -2.40. The summed E-state index contributed by atoms with van der Waals surface area (Å²) in [4.78, 5) is 12.3. The number of sulfonamides is 1. The molecule has 0 atom stereocenters. The Morgan fingerprint density at radius 3 is 2.24 bits per heavy atom. The topological polar surface area (TPSA) is 75.3 Å². The predicted octanol–water partition coefficient (Wildman–Crippen LogP) is 3.63. The molecule has 2 N–H and O–H groups in total. The molecule has 5 nitrogen and oxygen atoms in total. The second kappa shape index (κ2) is 6.88. The molecule has 0 unspecified atom stereocenters. The third kappa shape index (κ3) is 5.06. The molecule has 25 heavy (non-hydrogen) atoms. The molecule has 2 aromatic rings. The molecule has 0 radical (unpaired) electrons. The molecule has 134 valence electrons. The molecule has 0 heterocycles. The van der Waals surface area contributed by atoms with E-state index in [1.54, 1.807) is 24.3 Å². The van der Waals surface area contributed by atoms with Gasteiger partial charge in [-0.15, -0.1) is 0 Å². The lowest BCUT2D eigenvalue weighted by Gasteiger charge is -2.20. The van der Waals surface area contributed by atoms with Gasteiger partial charge in [0.2, 0.25) is 0 Å². The first-order chi connectivity index (χ1) is 11.5. The highest BCUT2D eigenvalue weighted by atomic mass is 32.2. The third-order valence-corrected chi connectivity index (χ3v) is 5.03. The second-order valence-corrected chi connectivity index (χ2v) is 8.82. The van der Waals surface area contributed by atoms with Crippen LogP contribution in [0.5, 0.6) is 0 Å². The van der Waals surface area contributed by atoms with Crippen molar-refractivity contribution in [2.24, 2.45) is 0 Å². The van der Waals surface area contributed by atoms with Crippen LogP contribution in [0.2, 0.25) is 0 Å². The van der Waals surface area contributed by atoms with Crippen molar-refractivity contribution >= 4 is 21.6 Å². The minimum Gasteiger partial charge on any atom is -0.347 e. The lowest BCUT2D eigenvalue weighted by molar-refractivity contribution is 0.0919. The average molecular weight is 360 g/mol. The van der Waals surface area contributed by atoms with Gasteiger partial charge >= 0.3 is 0 Å². The molecule has 0 aliphatic heterocycles.